The van der Waals surface area contributed by atoms with Crippen LogP contribution in [0.3, 0.4) is 0 Å². The third-order valence-electron chi connectivity index (χ3n) is 6.21. The number of hydrogen-bond acceptors (Lipinski definition) is 3. The first kappa shape index (κ1) is 22.8. The van der Waals surface area contributed by atoms with Crippen LogP contribution in [0.5, 0.6) is 0 Å². The Kier molecular flexibility index (Phi) is 6.57. The maximum atomic E-state index is 11.2. The van der Waals surface area contributed by atoms with Crippen LogP contribution >= 0.6 is 0 Å². The highest BCUT2D eigenvalue weighted by Gasteiger charge is 2.14. The molecule has 176 valence electrons. The predicted molar refractivity (Wildman–Crippen MR) is 138 cm³/mol. The molecule has 0 atom stereocenters. The normalized spacial score (nSPS) is 11.8. The summed E-state index contributed by atoms with van der Waals surface area (Å²) in [6.07, 6.45) is 6.00. The summed E-state index contributed by atoms with van der Waals surface area (Å²) in [5.74, 6) is -0.865. The average molecular weight is 468 g/mol. The maximum Gasteiger partial charge on any atom is 0.370 e. The molecule has 2 N–H and O–H groups in total. The summed E-state index contributed by atoms with van der Waals surface area (Å²) in [7, 11) is 0. The van der Waals surface area contributed by atoms with Crippen molar-refractivity contribution in [2.45, 2.75) is 13.1 Å². The predicted octanol–water partition coefficient (Wildman–Crippen LogP) is 4.50. The molecule has 0 bridgehead atoms. The van der Waals surface area contributed by atoms with E-state index in [2.05, 4.69) is 53.1 Å². The number of carboxylic acids is 1. The zero-order valence-corrected chi connectivity index (χ0v) is 19.3. The highest BCUT2D eigenvalue weighted by molar-refractivity contribution is 6.08. The molecule has 0 aliphatic heterocycles. The van der Waals surface area contributed by atoms with E-state index in [4.69, 9.17) is 9.84 Å². The van der Waals surface area contributed by atoms with Gasteiger partial charge in [-0.25, -0.2) is 4.79 Å². The van der Waals surface area contributed by atoms with Crippen molar-refractivity contribution < 1.29 is 24.3 Å². The van der Waals surface area contributed by atoms with Crippen molar-refractivity contribution in [3.63, 3.8) is 0 Å². The van der Waals surface area contributed by atoms with Gasteiger partial charge in [0.15, 0.2) is 6.20 Å². The van der Waals surface area contributed by atoms with Crippen molar-refractivity contribution >= 4 is 50.8 Å². The van der Waals surface area contributed by atoms with E-state index in [0.29, 0.717) is 19.8 Å². The topological polar surface area (TPSA) is 75.6 Å². The second kappa shape index (κ2) is 10.1. The fraction of sp³-hybridized carbons (Fsp3) is 0.172. The van der Waals surface area contributed by atoms with E-state index in [9.17, 15) is 9.90 Å². The molecule has 0 amide bonds. The Morgan fingerprint density at radius 3 is 2.49 bits per heavy atom. The van der Waals surface area contributed by atoms with E-state index in [1.807, 2.05) is 42.6 Å². The molecule has 2 aromatic heterocycles. The molecule has 0 saturated heterocycles. The summed E-state index contributed by atoms with van der Waals surface area (Å²) in [5.41, 5.74) is 5.32. The van der Waals surface area contributed by atoms with Gasteiger partial charge in [-0.1, -0.05) is 48.6 Å². The third-order valence-corrected chi connectivity index (χ3v) is 6.21. The molecule has 6 nitrogen and oxygen atoms in total. The molecule has 0 aliphatic rings. The molecule has 0 aliphatic carbocycles. The monoisotopic (exact) mass is 467 g/mol. The molecule has 35 heavy (non-hydrogen) atoms. The number of benzene rings is 3. The Morgan fingerprint density at radius 2 is 1.66 bits per heavy atom. The van der Waals surface area contributed by atoms with E-state index >= 15 is 0 Å². The van der Waals surface area contributed by atoms with Crippen LogP contribution in [-0.2, 0) is 22.6 Å². The van der Waals surface area contributed by atoms with Crippen molar-refractivity contribution in [1.29, 1.82) is 0 Å². The Morgan fingerprint density at radius 1 is 0.886 bits per heavy atom. The van der Waals surface area contributed by atoms with Crippen molar-refractivity contribution in [2.75, 3.05) is 19.8 Å². The molecule has 0 fully saturated rings. The second-order valence-corrected chi connectivity index (χ2v) is 8.42. The van der Waals surface area contributed by atoms with Gasteiger partial charge in [0.25, 0.3) is 0 Å². The summed E-state index contributed by atoms with van der Waals surface area (Å²) < 4.78 is 9.53. The maximum absolute atomic E-state index is 11.2. The molecule has 5 aromatic rings. The molecule has 3 aromatic carbocycles. The third kappa shape index (κ3) is 4.67. The minimum absolute atomic E-state index is 0.0269. The van der Waals surface area contributed by atoms with Crippen LogP contribution in [0.2, 0.25) is 0 Å². The molecule has 5 rings (SSSR count). The molecule has 0 unspecified atom stereocenters. The average Bonchev–Trinajstić information content (AvgIpc) is 3.19. The fourth-order valence-electron chi connectivity index (χ4n) is 4.66. The summed E-state index contributed by atoms with van der Waals surface area (Å²) in [6.45, 7) is 1.55. The standard InChI is InChI=1S/C29H26N2O4/c32-16-18-35-17-15-31-27-8-4-2-6-24(27)25-19-21(10-12-28(25)31)9-11-22-13-14-30(20-29(33)34)26-7-3-1-5-23(22)26/h1-14,19,32H,15-18,20H2/p+1. The quantitative estimate of drug-likeness (QED) is 0.247. The van der Waals surface area contributed by atoms with Gasteiger partial charge in [0.1, 0.15) is 0 Å². The van der Waals surface area contributed by atoms with E-state index in [0.717, 1.165) is 33.1 Å². The van der Waals surface area contributed by atoms with Gasteiger partial charge in [0.05, 0.1) is 25.2 Å². The fourth-order valence-corrected chi connectivity index (χ4v) is 4.66. The number of aromatic nitrogens is 2. The Bertz CT molecular complexity index is 1550. The Labute approximate surface area is 202 Å². The lowest BCUT2D eigenvalue weighted by atomic mass is 10.1. The number of pyridine rings is 1. The van der Waals surface area contributed by atoms with E-state index in [-0.39, 0.29) is 13.2 Å². The van der Waals surface area contributed by atoms with E-state index < -0.39 is 5.97 Å². The lowest BCUT2D eigenvalue weighted by Gasteiger charge is -2.08. The zero-order chi connectivity index (χ0) is 24.2. The van der Waals surface area contributed by atoms with Gasteiger partial charge in [-0.15, -0.1) is 0 Å². The van der Waals surface area contributed by atoms with Gasteiger partial charge in [0, 0.05) is 40.5 Å². The van der Waals surface area contributed by atoms with E-state index in [1.165, 1.54) is 10.8 Å². The lowest BCUT2D eigenvalue weighted by Crippen LogP contribution is -2.38. The molecule has 0 spiro atoms. The van der Waals surface area contributed by atoms with Gasteiger partial charge in [-0.2, -0.15) is 4.57 Å². The van der Waals surface area contributed by atoms with Crippen molar-refractivity contribution in [3.05, 3.63) is 90.1 Å². The van der Waals surface area contributed by atoms with Crippen LogP contribution < -0.4 is 4.57 Å². The molecule has 0 radical (unpaired) electrons. The molecule has 6 heteroatoms. The molecular formula is C29H27N2O4+. The summed E-state index contributed by atoms with van der Waals surface area (Å²) >= 11 is 0. The van der Waals surface area contributed by atoms with Crippen LogP contribution in [0.1, 0.15) is 11.1 Å². The van der Waals surface area contributed by atoms with Crippen molar-refractivity contribution in [1.82, 2.24) is 4.57 Å². The smallest absolute Gasteiger partial charge is 0.370 e. The van der Waals surface area contributed by atoms with Gasteiger partial charge < -0.3 is 19.5 Å². The van der Waals surface area contributed by atoms with Crippen molar-refractivity contribution in [2.24, 2.45) is 0 Å². The van der Waals surface area contributed by atoms with Crippen LogP contribution in [0, 0.1) is 0 Å². The number of ether oxygens (including phenoxy) is 1. The van der Waals surface area contributed by atoms with Crippen molar-refractivity contribution in [3.8, 4) is 0 Å². The number of carbonyl (C=O) groups is 1. The highest BCUT2D eigenvalue weighted by atomic mass is 16.5. The summed E-state index contributed by atoms with van der Waals surface area (Å²) in [6, 6.07) is 24.6. The first-order chi connectivity index (χ1) is 17.2. The minimum atomic E-state index is -0.865. The van der Waals surface area contributed by atoms with Crippen LogP contribution in [0.15, 0.2) is 79.0 Å². The minimum Gasteiger partial charge on any atom is -0.477 e. The van der Waals surface area contributed by atoms with Gasteiger partial charge >= 0.3 is 5.97 Å². The number of aliphatic hydroxyl groups is 1. The summed E-state index contributed by atoms with van der Waals surface area (Å²) in [4.78, 5) is 11.2. The number of nitrogens with zero attached hydrogens (tertiary/aromatic N) is 2. The van der Waals surface area contributed by atoms with Gasteiger partial charge in [-0.3, -0.25) is 0 Å². The zero-order valence-electron chi connectivity index (χ0n) is 19.3. The number of hydrogen-bond donors (Lipinski definition) is 2. The number of aliphatic hydroxyl groups excluding tert-OH is 1. The first-order valence-electron chi connectivity index (χ1n) is 11.7. The van der Waals surface area contributed by atoms with Crippen LogP contribution in [0.4, 0.5) is 0 Å². The van der Waals surface area contributed by atoms with Gasteiger partial charge in [0.2, 0.25) is 12.1 Å². The molecular weight excluding hydrogens is 440 g/mol. The van der Waals surface area contributed by atoms with Crippen LogP contribution in [-0.4, -0.2) is 40.6 Å². The molecule has 2 heterocycles. The number of aliphatic carboxylic acids is 1. The van der Waals surface area contributed by atoms with Gasteiger partial charge in [-0.05, 0) is 35.4 Å². The SMILES string of the molecule is O=C(O)C[n+]1ccc(/C=C/c2ccc3c(c2)c2ccccc2n3CCOCCO)c2ccccc21. The Hall–Kier alpha value is -4.00. The number of fused-ring (bicyclic) bond motifs is 4. The lowest BCUT2D eigenvalue weighted by molar-refractivity contribution is -0.660. The number of para-hydroxylation sites is 2. The number of rotatable bonds is 9. The number of carboxylic acid groups (broad SMARTS) is 1. The van der Waals surface area contributed by atoms with E-state index in [1.54, 1.807) is 4.57 Å². The Balaban J connectivity index is 1.51. The first-order valence-corrected chi connectivity index (χ1v) is 11.7. The highest BCUT2D eigenvalue weighted by Crippen LogP contribution is 2.30. The largest absolute Gasteiger partial charge is 0.477 e. The van der Waals surface area contributed by atoms with Crippen LogP contribution in [0.25, 0.3) is 44.9 Å². The summed E-state index contributed by atoms with van der Waals surface area (Å²) in [5, 5.41) is 21.6. The second-order valence-electron chi connectivity index (χ2n) is 8.42. The molecule has 0 saturated carbocycles.